The molecular weight excluding hydrogens is 591 g/mol. The second-order valence-electron chi connectivity index (χ2n) is 11.0. The lowest BCUT2D eigenvalue weighted by Crippen LogP contribution is -2.36. The summed E-state index contributed by atoms with van der Waals surface area (Å²) in [5.74, 6) is 0.688. The molecule has 45 heavy (non-hydrogen) atoms. The fourth-order valence-corrected chi connectivity index (χ4v) is 4.44. The first-order chi connectivity index (χ1) is 21.5. The zero-order valence-electron chi connectivity index (χ0n) is 25.3. The first kappa shape index (κ1) is 33.3. The second kappa shape index (κ2) is 15.9. The molecule has 6 rings (SSSR count). The Labute approximate surface area is 259 Å². The van der Waals surface area contributed by atoms with E-state index in [1.807, 2.05) is 30.9 Å². The van der Waals surface area contributed by atoms with Gasteiger partial charge in [-0.15, -0.1) is 0 Å². The summed E-state index contributed by atoms with van der Waals surface area (Å²) in [7, 11) is 0. The van der Waals surface area contributed by atoms with Crippen molar-refractivity contribution in [1.29, 1.82) is 0 Å². The van der Waals surface area contributed by atoms with Gasteiger partial charge in [-0.3, -0.25) is 9.59 Å². The van der Waals surface area contributed by atoms with Crippen LogP contribution in [0.5, 0.6) is 11.8 Å². The van der Waals surface area contributed by atoms with E-state index in [0.717, 1.165) is 24.8 Å². The van der Waals surface area contributed by atoms with Crippen molar-refractivity contribution in [3.8, 4) is 11.8 Å². The van der Waals surface area contributed by atoms with Crippen LogP contribution in [0, 0.1) is 5.92 Å². The summed E-state index contributed by atoms with van der Waals surface area (Å²) in [5.41, 5.74) is 1.78. The van der Waals surface area contributed by atoms with Crippen molar-refractivity contribution in [3.05, 3.63) is 59.7 Å². The molecule has 0 radical (unpaired) electrons. The summed E-state index contributed by atoms with van der Waals surface area (Å²) in [6.45, 7) is 4.60. The van der Waals surface area contributed by atoms with E-state index in [1.165, 1.54) is 0 Å². The third-order valence-corrected chi connectivity index (χ3v) is 6.71. The van der Waals surface area contributed by atoms with Crippen molar-refractivity contribution >= 4 is 29.4 Å². The number of fused-ring (bicyclic) bond motifs is 2. The molecule has 0 spiro atoms. The van der Waals surface area contributed by atoms with Gasteiger partial charge in [-0.05, 0) is 67.1 Å². The monoisotopic (exact) mass is 629 g/mol. The Balaban J connectivity index is 1.52. The van der Waals surface area contributed by atoms with E-state index < -0.39 is 18.8 Å². The van der Waals surface area contributed by atoms with E-state index in [1.54, 1.807) is 36.4 Å². The molecule has 0 saturated carbocycles. The van der Waals surface area contributed by atoms with Crippen LogP contribution in [0.25, 0.3) is 0 Å². The summed E-state index contributed by atoms with van der Waals surface area (Å²) in [6.07, 6.45) is -1.71. The van der Waals surface area contributed by atoms with Gasteiger partial charge in [-0.25, -0.2) is 0 Å². The molecule has 0 unspecified atom stereocenters. The highest BCUT2D eigenvalue weighted by atomic mass is 19.4. The first-order valence-electron chi connectivity index (χ1n) is 14.9. The molecule has 2 amide bonds. The third-order valence-electron chi connectivity index (χ3n) is 6.71. The van der Waals surface area contributed by atoms with Gasteiger partial charge in [0.1, 0.15) is 12.4 Å². The molecule has 1 aromatic heterocycles. The van der Waals surface area contributed by atoms with Crippen LogP contribution in [-0.2, 0) is 11.3 Å². The molecule has 3 aliphatic heterocycles. The number of nitrogens with zero attached hydrogens (tertiary/aromatic N) is 4. The number of hydrogen-bond acceptors (Lipinski definition) is 9. The van der Waals surface area contributed by atoms with Gasteiger partial charge in [-0.2, -0.15) is 28.1 Å². The number of anilines is 3. The molecule has 14 heteroatoms. The highest BCUT2D eigenvalue weighted by molar-refractivity contribution is 5.94. The van der Waals surface area contributed by atoms with Crippen molar-refractivity contribution < 1.29 is 32.2 Å². The van der Waals surface area contributed by atoms with E-state index in [2.05, 4.69) is 30.9 Å². The Bertz CT molecular complexity index is 1400. The highest BCUT2D eigenvalue weighted by Crippen LogP contribution is 2.21. The standard InChI is InChI=1S/C31H38F3N7O4/c1-21(2)18-26(42)41-15-5-3-4-14-35-27(43)23-8-10-24(11-9-23)37-29-38-28(39-30(40-29)45-20-31(32,33)34)36-19-22-6-12-25(13-7-22)44-17-16-41/h6-13,21H,3-5,14-20H2,1-2H3,(H,35,43)(H2,36,37,38,39,40). The predicted octanol–water partition coefficient (Wildman–Crippen LogP) is 5.34. The molecule has 11 nitrogen and oxygen atoms in total. The summed E-state index contributed by atoms with van der Waals surface area (Å²) < 4.78 is 49.1. The number of hydrogen-bond donors (Lipinski definition) is 3. The number of rotatable bonds is 4. The number of ether oxygens (including phenoxy) is 2. The zero-order valence-corrected chi connectivity index (χ0v) is 25.3. The van der Waals surface area contributed by atoms with Crippen molar-refractivity contribution in [2.24, 2.45) is 5.92 Å². The predicted molar refractivity (Wildman–Crippen MR) is 163 cm³/mol. The van der Waals surface area contributed by atoms with Gasteiger partial charge in [0, 0.05) is 37.3 Å². The molecule has 3 aromatic rings. The van der Waals surface area contributed by atoms with Crippen LogP contribution < -0.4 is 25.4 Å². The van der Waals surface area contributed by atoms with Gasteiger partial charge in [-0.1, -0.05) is 26.0 Å². The van der Waals surface area contributed by atoms with E-state index >= 15 is 0 Å². The summed E-state index contributed by atoms with van der Waals surface area (Å²) in [4.78, 5) is 39.5. The van der Waals surface area contributed by atoms with E-state index in [9.17, 15) is 22.8 Å². The van der Waals surface area contributed by atoms with E-state index in [0.29, 0.717) is 49.7 Å². The van der Waals surface area contributed by atoms with Gasteiger partial charge in [0.15, 0.2) is 6.61 Å². The molecule has 6 bridgehead atoms. The van der Waals surface area contributed by atoms with Crippen LogP contribution in [0.2, 0.25) is 0 Å². The molecule has 242 valence electrons. The quantitative estimate of drug-likeness (QED) is 0.350. The molecular formula is C31H38F3N7O4. The minimum atomic E-state index is -4.58. The molecule has 0 fully saturated rings. The number of amides is 2. The van der Waals surface area contributed by atoms with Gasteiger partial charge in [0.2, 0.25) is 17.8 Å². The van der Waals surface area contributed by atoms with Crippen molar-refractivity contribution in [2.45, 2.75) is 52.3 Å². The summed E-state index contributed by atoms with van der Waals surface area (Å²) in [6, 6.07) is 13.3. The number of carbonyl (C=O) groups is 2. The Morgan fingerprint density at radius 3 is 2.40 bits per heavy atom. The molecule has 0 atom stereocenters. The molecule has 0 saturated heterocycles. The van der Waals surface area contributed by atoms with E-state index in [4.69, 9.17) is 9.47 Å². The van der Waals surface area contributed by atoms with Crippen LogP contribution >= 0.6 is 0 Å². The topological polar surface area (TPSA) is 131 Å². The number of nitrogens with one attached hydrogen (secondary N) is 3. The van der Waals surface area contributed by atoms with Crippen LogP contribution in [0.15, 0.2) is 48.5 Å². The molecule has 4 heterocycles. The second-order valence-corrected chi connectivity index (χ2v) is 11.0. The van der Waals surface area contributed by atoms with Crippen LogP contribution in [-0.4, -0.2) is 70.7 Å². The lowest BCUT2D eigenvalue weighted by molar-refractivity contribution is -0.154. The van der Waals surface area contributed by atoms with Crippen molar-refractivity contribution in [1.82, 2.24) is 25.2 Å². The van der Waals surface area contributed by atoms with E-state index in [-0.39, 0.29) is 36.2 Å². The maximum absolute atomic E-state index is 12.9. The maximum atomic E-state index is 12.9. The van der Waals surface area contributed by atoms with Gasteiger partial charge >= 0.3 is 12.2 Å². The van der Waals surface area contributed by atoms with Gasteiger partial charge < -0.3 is 30.3 Å². The van der Waals surface area contributed by atoms with Crippen molar-refractivity contribution in [3.63, 3.8) is 0 Å². The summed E-state index contributed by atoms with van der Waals surface area (Å²) in [5, 5.41) is 8.81. The van der Waals surface area contributed by atoms with Crippen molar-refractivity contribution in [2.75, 3.05) is 43.5 Å². The SMILES string of the molecule is CC(C)CC(=O)N1CCCCCNC(=O)c2ccc(cc2)Nc2nc(nc(OCC(F)(F)F)n2)NCc2ccc(cc2)OCC1. The normalized spacial score (nSPS) is 15.2. The zero-order chi connectivity index (χ0) is 32.2. The highest BCUT2D eigenvalue weighted by Gasteiger charge is 2.29. The first-order valence-corrected chi connectivity index (χ1v) is 14.9. The number of alkyl halides is 3. The molecule has 0 aliphatic carbocycles. The fourth-order valence-electron chi connectivity index (χ4n) is 4.44. The Morgan fingerprint density at radius 2 is 1.69 bits per heavy atom. The Morgan fingerprint density at radius 1 is 0.956 bits per heavy atom. The van der Waals surface area contributed by atoms with Gasteiger partial charge in [0.25, 0.3) is 5.91 Å². The van der Waals surface area contributed by atoms with Gasteiger partial charge in [0.05, 0.1) is 6.54 Å². The molecule has 3 aliphatic rings. The minimum absolute atomic E-state index is 0.00215. The number of benzene rings is 2. The Kier molecular flexibility index (Phi) is 11.8. The number of carbonyl (C=O) groups excluding carboxylic acids is 2. The van der Waals surface area contributed by atoms with Crippen LogP contribution in [0.1, 0.15) is 55.5 Å². The average Bonchev–Trinajstić information content (AvgIpc) is 2.99. The number of aromatic nitrogens is 3. The fraction of sp³-hybridized carbons (Fsp3) is 0.452. The maximum Gasteiger partial charge on any atom is 0.422 e. The summed E-state index contributed by atoms with van der Waals surface area (Å²) >= 11 is 0. The molecule has 3 N–H and O–H groups in total. The smallest absolute Gasteiger partial charge is 0.422 e. The Hall–Kier alpha value is -4.62. The van der Waals surface area contributed by atoms with Crippen LogP contribution in [0.4, 0.5) is 30.8 Å². The third kappa shape index (κ3) is 11.4. The largest absolute Gasteiger partial charge is 0.492 e. The lowest BCUT2D eigenvalue weighted by Gasteiger charge is -2.24. The van der Waals surface area contributed by atoms with Crippen LogP contribution in [0.3, 0.4) is 0 Å². The molecule has 2 aromatic carbocycles. The number of halogens is 3. The minimum Gasteiger partial charge on any atom is -0.492 e. The average molecular weight is 630 g/mol. The lowest BCUT2D eigenvalue weighted by atomic mass is 10.1.